The van der Waals surface area contributed by atoms with E-state index < -0.39 is 4.92 Å². The van der Waals surface area contributed by atoms with Crippen molar-refractivity contribution in [2.24, 2.45) is 0 Å². The molecule has 0 atom stereocenters. The maximum Gasteiger partial charge on any atom is 0.270 e. The van der Waals surface area contributed by atoms with Gasteiger partial charge in [0.2, 0.25) is 5.91 Å². The van der Waals surface area contributed by atoms with E-state index in [1.165, 1.54) is 18.2 Å². The number of hydrogen-bond donors (Lipinski definition) is 1. The van der Waals surface area contributed by atoms with Crippen LogP contribution in [0.5, 0.6) is 11.5 Å². The summed E-state index contributed by atoms with van der Waals surface area (Å²) in [6.07, 6.45) is 2.10. The summed E-state index contributed by atoms with van der Waals surface area (Å²) in [7, 11) is 3.16. The van der Waals surface area contributed by atoms with E-state index in [-0.39, 0.29) is 11.6 Å². The third-order valence-corrected chi connectivity index (χ3v) is 4.96. The third kappa shape index (κ3) is 4.85. The number of methoxy groups -OCH3 is 2. The second kappa shape index (κ2) is 9.34. The Kier molecular flexibility index (Phi) is 6.59. The number of nitrogens with zero attached hydrogens (tertiary/aromatic N) is 1. The van der Waals surface area contributed by atoms with Crippen LogP contribution in [0, 0.1) is 17.0 Å². The molecule has 0 saturated carbocycles. The number of nitro groups is 1. The number of rotatable bonds is 8. The molecule has 0 radical (unpaired) electrons. The monoisotopic (exact) mass is 424 g/mol. The van der Waals surface area contributed by atoms with E-state index in [0.29, 0.717) is 52.3 Å². The van der Waals surface area contributed by atoms with E-state index in [2.05, 4.69) is 5.32 Å². The van der Waals surface area contributed by atoms with Gasteiger partial charge in [-0.25, -0.2) is 0 Å². The number of amides is 1. The number of hydrogen-bond acceptors (Lipinski definition) is 6. The van der Waals surface area contributed by atoms with Gasteiger partial charge in [-0.05, 0) is 49.6 Å². The van der Waals surface area contributed by atoms with Gasteiger partial charge in [-0.15, -0.1) is 0 Å². The number of carbonyl (C=O) groups excluding carboxylic acids is 1. The zero-order valence-electron chi connectivity index (χ0n) is 17.9. The van der Waals surface area contributed by atoms with Crippen LogP contribution in [-0.4, -0.2) is 31.6 Å². The Morgan fingerprint density at radius 3 is 2.58 bits per heavy atom. The molecule has 2 aromatic carbocycles. The normalized spacial score (nSPS) is 11.4. The van der Waals surface area contributed by atoms with Crippen molar-refractivity contribution in [3.8, 4) is 11.5 Å². The van der Waals surface area contributed by atoms with Crippen molar-refractivity contribution >= 4 is 28.1 Å². The molecule has 1 aromatic heterocycles. The lowest BCUT2D eigenvalue weighted by Crippen LogP contribution is -2.23. The number of benzene rings is 2. The van der Waals surface area contributed by atoms with Gasteiger partial charge in [0.1, 0.15) is 11.3 Å². The van der Waals surface area contributed by atoms with Crippen LogP contribution in [-0.2, 0) is 11.2 Å². The molecule has 0 spiro atoms. The Bertz CT molecular complexity index is 1160. The molecule has 8 nitrogen and oxygen atoms in total. The number of allylic oxidation sites excluding steroid dienone is 1. The molecule has 3 rings (SSSR count). The number of furan rings is 1. The summed E-state index contributed by atoms with van der Waals surface area (Å²) < 4.78 is 16.2. The van der Waals surface area contributed by atoms with Gasteiger partial charge < -0.3 is 19.2 Å². The Morgan fingerprint density at radius 2 is 1.90 bits per heavy atom. The van der Waals surface area contributed by atoms with Crippen molar-refractivity contribution < 1.29 is 23.6 Å². The fourth-order valence-electron chi connectivity index (χ4n) is 3.50. The fourth-order valence-corrected chi connectivity index (χ4v) is 3.50. The van der Waals surface area contributed by atoms with E-state index in [4.69, 9.17) is 13.9 Å². The predicted molar refractivity (Wildman–Crippen MR) is 118 cm³/mol. The molecule has 8 heteroatoms. The molecule has 31 heavy (non-hydrogen) atoms. The van der Waals surface area contributed by atoms with Crippen LogP contribution in [0.4, 0.5) is 5.69 Å². The van der Waals surface area contributed by atoms with E-state index in [1.54, 1.807) is 34.1 Å². The first-order chi connectivity index (χ1) is 14.8. The molecular formula is C23H24N2O6. The van der Waals surface area contributed by atoms with Crippen LogP contribution >= 0.6 is 0 Å². The molecule has 162 valence electrons. The molecule has 0 bridgehead atoms. The molecule has 0 fully saturated rings. The van der Waals surface area contributed by atoms with Crippen molar-refractivity contribution in [2.75, 3.05) is 20.8 Å². The summed E-state index contributed by atoms with van der Waals surface area (Å²) in [4.78, 5) is 23.1. The van der Waals surface area contributed by atoms with Crippen LogP contribution in [0.2, 0.25) is 0 Å². The summed E-state index contributed by atoms with van der Waals surface area (Å²) in [6.45, 7) is 3.99. The molecule has 0 unspecified atom stereocenters. The van der Waals surface area contributed by atoms with E-state index in [9.17, 15) is 14.9 Å². The van der Waals surface area contributed by atoms with E-state index in [0.717, 1.165) is 5.56 Å². The van der Waals surface area contributed by atoms with Gasteiger partial charge in [-0.3, -0.25) is 14.9 Å². The Balaban J connectivity index is 1.71. The average molecular weight is 424 g/mol. The first-order valence-corrected chi connectivity index (χ1v) is 9.69. The van der Waals surface area contributed by atoms with Crippen molar-refractivity contribution in [2.45, 2.75) is 20.3 Å². The van der Waals surface area contributed by atoms with Crippen molar-refractivity contribution in [1.29, 1.82) is 0 Å². The highest BCUT2D eigenvalue weighted by atomic mass is 16.6. The molecule has 0 aliphatic heterocycles. The van der Waals surface area contributed by atoms with E-state index >= 15 is 0 Å². The maximum absolute atomic E-state index is 12.4. The van der Waals surface area contributed by atoms with E-state index in [1.807, 2.05) is 18.2 Å². The minimum Gasteiger partial charge on any atom is -0.493 e. The number of nitro benzene ring substituents is 1. The quantitative estimate of drug-likeness (QED) is 0.326. The zero-order chi connectivity index (χ0) is 22.5. The number of nitrogens with one attached hydrogen (secondary N) is 1. The molecule has 0 saturated heterocycles. The summed E-state index contributed by atoms with van der Waals surface area (Å²) in [6, 6.07) is 10.1. The number of aryl methyl sites for hydroxylation is 1. The maximum atomic E-state index is 12.4. The van der Waals surface area contributed by atoms with Gasteiger partial charge in [0, 0.05) is 35.7 Å². The van der Waals surface area contributed by atoms with Gasteiger partial charge >= 0.3 is 0 Å². The van der Waals surface area contributed by atoms with Gasteiger partial charge in [0.05, 0.1) is 19.1 Å². The minimum absolute atomic E-state index is 0.0262. The predicted octanol–water partition coefficient (Wildman–Crippen LogP) is 4.43. The van der Waals surface area contributed by atoms with Crippen molar-refractivity contribution in [3.05, 3.63) is 69.5 Å². The number of ether oxygens (including phenoxy) is 2. The molecule has 0 aliphatic rings. The third-order valence-electron chi connectivity index (χ3n) is 4.96. The Morgan fingerprint density at radius 1 is 1.16 bits per heavy atom. The summed E-state index contributed by atoms with van der Waals surface area (Å²) in [5.41, 5.74) is 2.87. The standard InChI is InChI=1S/C23H24N2O6/c1-14(23-15(2)31-19-8-6-17(25(27)28)13-18(19)23)11-22(26)24-10-9-16-5-7-20(29-3)21(12-16)30-4/h5-8,11-13H,9-10H2,1-4H3,(H,24,26)/b14-11+. The molecule has 1 N–H and O–H groups in total. The Labute approximate surface area is 179 Å². The highest BCUT2D eigenvalue weighted by molar-refractivity contribution is 6.00. The number of non-ortho nitro benzene ring substituents is 1. The second-order valence-electron chi connectivity index (χ2n) is 7.03. The molecule has 1 amide bonds. The molecular weight excluding hydrogens is 400 g/mol. The van der Waals surface area contributed by atoms with Crippen LogP contribution in [0.1, 0.15) is 23.8 Å². The smallest absolute Gasteiger partial charge is 0.270 e. The summed E-state index contributed by atoms with van der Waals surface area (Å²) in [5.74, 6) is 1.63. The van der Waals surface area contributed by atoms with Crippen LogP contribution in [0.3, 0.4) is 0 Å². The first-order valence-electron chi connectivity index (χ1n) is 9.69. The molecule has 3 aromatic rings. The summed E-state index contributed by atoms with van der Waals surface area (Å²) in [5, 5.41) is 14.6. The van der Waals surface area contributed by atoms with Crippen LogP contribution < -0.4 is 14.8 Å². The second-order valence-corrected chi connectivity index (χ2v) is 7.03. The topological polar surface area (TPSA) is 104 Å². The zero-order valence-corrected chi connectivity index (χ0v) is 17.9. The van der Waals surface area contributed by atoms with Crippen molar-refractivity contribution in [3.63, 3.8) is 0 Å². The van der Waals surface area contributed by atoms with Crippen LogP contribution in [0.25, 0.3) is 16.5 Å². The largest absolute Gasteiger partial charge is 0.493 e. The molecule has 0 aliphatic carbocycles. The van der Waals surface area contributed by atoms with Crippen LogP contribution in [0.15, 0.2) is 46.9 Å². The van der Waals surface area contributed by atoms with Gasteiger partial charge in [0.25, 0.3) is 5.69 Å². The average Bonchev–Trinajstić information content (AvgIpc) is 3.08. The minimum atomic E-state index is -0.453. The number of carbonyl (C=O) groups is 1. The number of fused-ring (bicyclic) bond motifs is 1. The van der Waals surface area contributed by atoms with Gasteiger partial charge in [-0.1, -0.05) is 6.07 Å². The highest BCUT2D eigenvalue weighted by Crippen LogP contribution is 2.33. The van der Waals surface area contributed by atoms with Crippen molar-refractivity contribution in [1.82, 2.24) is 5.32 Å². The molecule has 1 heterocycles. The fraction of sp³-hybridized carbons (Fsp3) is 0.261. The van der Waals surface area contributed by atoms with Gasteiger partial charge in [-0.2, -0.15) is 0 Å². The lowest BCUT2D eigenvalue weighted by Gasteiger charge is -2.10. The van der Waals surface area contributed by atoms with Gasteiger partial charge in [0.15, 0.2) is 11.5 Å². The highest BCUT2D eigenvalue weighted by Gasteiger charge is 2.17. The SMILES string of the molecule is COc1ccc(CCNC(=O)/C=C(\C)c2c(C)oc3ccc([N+](=O)[O-])cc23)cc1OC. The Hall–Kier alpha value is -3.81. The first kappa shape index (κ1) is 21.9. The lowest BCUT2D eigenvalue weighted by molar-refractivity contribution is -0.384. The lowest BCUT2D eigenvalue weighted by atomic mass is 10.0. The summed E-state index contributed by atoms with van der Waals surface area (Å²) >= 11 is 0.